The fraction of sp³-hybridized carbons (Fsp3) is 0.222. The molecule has 0 aliphatic carbocycles. The molecule has 0 saturated heterocycles. The van der Waals surface area contributed by atoms with Crippen LogP contribution in [-0.2, 0) is 11.3 Å². The standard InChI is InChI=1S/C18H20N4OS/c1-3-14-6-5-7-16(10-14)22-17(23)12-21-18(19-4-2)20-11-15-8-9-24-13-15/h1,5-10,13H,4,11-12H2,2H3,(H,22,23)(H2,19,20,21). The Hall–Kier alpha value is -2.78. The first kappa shape index (κ1) is 17.6. The third-order valence-corrected chi connectivity index (χ3v) is 3.81. The number of carbonyl (C=O) groups is 1. The Morgan fingerprint density at radius 3 is 2.92 bits per heavy atom. The minimum absolute atomic E-state index is 0.121. The zero-order chi connectivity index (χ0) is 17.2. The van der Waals surface area contributed by atoms with Crippen LogP contribution in [0, 0.1) is 12.3 Å². The van der Waals surface area contributed by atoms with E-state index in [2.05, 4.69) is 32.2 Å². The van der Waals surface area contributed by atoms with Crippen molar-refractivity contribution >= 4 is 28.9 Å². The summed E-state index contributed by atoms with van der Waals surface area (Å²) in [6, 6.07) is 9.21. The van der Waals surface area contributed by atoms with E-state index in [9.17, 15) is 4.79 Å². The second-order valence-electron chi connectivity index (χ2n) is 4.95. The Bertz CT molecular complexity index is 732. The van der Waals surface area contributed by atoms with Crippen LogP contribution in [0.5, 0.6) is 0 Å². The first-order chi connectivity index (χ1) is 11.7. The lowest BCUT2D eigenvalue weighted by atomic mass is 10.2. The van der Waals surface area contributed by atoms with Crippen molar-refractivity contribution in [2.75, 3.05) is 18.4 Å². The molecule has 0 fully saturated rings. The van der Waals surface area contributed by atoms with Gasteiger partial charge in [0.25, 0.3) is 0 Å². The van der Waals surface area contributed by atoms with Crippen LogP contribution >= 0.6 is 11.3 Å². The molecule has 1 aromatic heterocycles. The van der Waals surface area contributed by atoms with E-state index < -0.39 is 0 Å². The van der Waals surface area contributed by atoms with Gasteiger partial charge >= 0.3 is 0 Å². The summed E-state index contributed by atoms with van der Waals surface area (Å²) in [6.07, 6.45) is 5.36. The number of thiophene rings is 1. The SMILES string of the molecule is C#Cc1cccc(NC(=O)CNC(=NCc2ccsc2)NCC)c1. The summed E-state index contributed by atoms with van der Waals surface area (Å²) in [6.45, 7) is 3.40. The second kappa shape index (κ2) is 9.38. The van der Waals surface area contributed by atoms with Gasteiger partial charge in [0, 0.05) is 17.8 Å². The molecule has 0 radical (unpaired) electrons. The number of amides is 1. The van der Waals surface area contributed by atoms with Gasteiger partial charge in [-0.1, -0.05) is 12.0 Å². The molecule has 124 valence electrons. The Kier molecular flexibility index (Phi) is 6.87. The fourth-order valence-corrected chi connectivity index (χ4v) is 2.61. The van der Waals surface area contributed by atoms with Crippen LogP contribution in [0.25, 0.3) is 0 Å². The minimum Gasteiger partial charge on any atom is -0.357 e. The maximum atomic E-state index is 12.0. The zero-order valence-corrected chi connectivity index (χ0v) is 14.3. The fourth-order valence-electron chi connectivity index (χ4n) is 1.95. The average molecular weight is 340 g/mol. The molecule has 2 rings (SSSR count). The molecule has 1 heterocycles. The molecule has 0 bridgehead atoms. The van der Waals surface area contributed by atoms with Crippen molar-refractivity contribution in [3.8, 4) is 12.3 Å². The number of nitrogens with zero attached hydrogens (tertiary/aromatic N) is 1. The van der Waals surface area contributed by atoms with Gasteiger partial charge in [-0.15, -0.1) is 6.42 Å². The summed E-state index contributed by atoms with van der Waals surface area (Å²) in [5.74, 6) is 2.99. The minimum atomic E-state index is -0.162. The van der Waals surface area contributed by atoms with Gasteiger partial charge in [0.05, 0.1) is 13.1 Å². The van der Waals surface area contributed by atoms with E-state index in [-0.39, 0.29) is 12.5 Å². The summed E-state index contributed by atoms with van der Waals surface area (Å²) in [7, 11) is 0. The summed E-state index contributed by atoms with van der Waals surface area (Å²) in [5, 5.41) is 13.0. The molecular formula is C18H20N4OS. The number of guanidine groups is 1. The Morgan fingerprint density at radius 2 is 2.21 bits per heavy atom. The lowest BCUT2D eigenvalue weighted by Gasteiger charge is -2.11. The maximum Gasteiger partial charge on any atom is 0.243 e. The van der Waals surface area contributed by atoms with Gasteiger partial charge in [0.15, 0.2) is 5.96 Å². The topological polar surface area (TPSA) is 65.5 Å². The second-order valence-corrected chi connectivity index (χ2v) is 5.73. The van der Waals surface area contributed by atoms with E-state index in [4.69, 9.17) is 6.42 Å². The van der Waals surface area contributed by atoms with Crippen LogP contribution < -0.4 is 16.0 Å². The largest absolute Gasteiger partial charge is 0.357 e. The van der Waals surface area contributed by atoms with Gasteiger partial charge in [0.1, 0.15) is 0 Å². The summed E-state index contributed by atoms with van der Waals surface area (Å²) >= 11 is 1.64. The number of hydrogen-bond donors (Lipinski definition) is 3. The number of anilines is 1. The van der Waals surface area contributed by atoms with Crippen LogP contribution in [0.15, 0.2) is 46.1 Å². The van der Waals surface area contributed by atoms with Crippen LogP contribution in [0.2, 0.25) is 0 Å². The van der Waals surface area contributed by atoms with Crippen LogP contribution in [0.3, 0.4) is 0 Å². The molecule has 1 aromatic carbocycles. The molecule has 0 atom stereocenters. The van der Waals surface area contributed by atoms with E-state index in [0.717, 1.165) is 17.7 Å². The lowest BCUT2D eigenvalue weighted by molar-refractivity contribution is -0.115. The van der Waals surface area contributed by atoms with Crippen molar-refractivity contribution in [3.63, 3.8) is 0 Å². The molecule has 6 heteroatoms. The average Bonchev–Trinajstić information content (AvgIpc) is 3.11. The molecular weight excluding hydrogens is 320 g/mol. The molecule has 3 N–H and O–H groups in total. The Labute approximate surface area is 146 Å². The van der Waals surface area contributed by atoms with Crippen LogP contribution in [0.4, 0.5) is 5.69 Å². The molecule has 0 saturated carbocycles. The Morgan fingerprint density at radius 1 is 1.33 bits per heavy atom. The number of hydrogen-bond acceptors (Lipinski definition) is 3. The highest BCUT2D eigenvalue weighted by atomic mass is 32.1. The summed E-state index contributed by atoms with van der Waals surface area (Å²) in [4.78, 5) is 16.5. The van der Waals surface area contributed by atoms with Gasteiger partial charge in [-0.2, -0.15) is 11.3 Å². The van der Waals surface area contributed by atoms with Gasteiger partial charge < -0.3 is 16.0 Å². The van der Waals surface area contributed by atoms with Crippen molar-refractivity contribution in [2.24, 2.45) is 4.99 Å². The van der Waals surface area contributed by atoms with Crippen molar-refractivity contribution in [3.05, 3.63) is 52.2 Å². The third-order valence-electron chi connectivity index (χ3n) is 3.07. The van der Waals surface area contributed by atoms with Gasteiger partial charge in [-0.05, 0) is 47.5 Å². The number of carbonyl (C=O) groups excluding carboxylic acids is 1. The number of terminal acetylenes is 1. The van der Waals surface area contributed by atoms with Crippen molar-refractivity contribution in [1.82, 2.24) is 10.6 Å². The quantitative estimate of drug-likeness (QED) is 0.430. The van der Waals surface area contributed by atoms with E-state index in [1.807, 2.05) is 30.5 Å². The van der Waals surface area contributed by atoms with Crippen LogP contribution in [0.1, 0.15) is 18.1 Å². The highest BCUT2D eigenvalue weighted by Crippen LogP contribution is 2.09. The maximum absolute atomic E-state index is 12.0. The van der Waals surface area contributed by atoms with E-state index >= 15 is 0 Å². The van der Waals surface area contributed by atoms with Crippen molar-refractivity contribution in [2.45, 2.75) is 13.5 Å². The van der Waals surface area contributed by atoms with Crippen molar-refractivity contribution < 1.29 is 4.79 Å². The molecule has 1 amide bonds. The highest BCUT2D eigenvalue weighted by molar-refractivity contribution is 7.07. The van der Waals surface area contributed by atoms with Gasteiger partial charge in [-0.25, -0.2) is 4.99 Å². The predicted octanol–water partition coefficient (Wildman–Crippen LogP) is 2.42. The molecule has 0 aliphatic heterocycles. The number of rotatable bonds is 6. The lowest BCUT2D eigenvalue weighted by Crippen LogP contribution is -2.41. The molecule has 5 nitrogen and oxygen atoms in total. The Balaban J connectivity index is 1.87. The monoisotopic (exact) mass is 340 g/mol. The summed E-state index contributed by atoms with van der Waals surface area (Å²) < 4.78 is 0. The number of aliphatic imine (C=N–C) groups is 1. The first-order valence-corrected chi connectivity index (χ1v) is 8.55. The highest BCUT2D eigenvalue weighted by Gasteiger charge is 2.05. The molecule has 0 unspecified atom stereocenters. The molecule has 0 spiro atoms. The molecule has 24 heavy (non-hydrogen) atoms. The van der Waals surface area contributed by atoms with Crippen molar-refractivity contribution in [1.29, 1.82) is 0 Å². The zero-order valence-electron chi connectivity index (χ0n) is 13.5. The molecule has 2 aromatic rings. The normalized spacial score (nSPS) is 10.8. The van der Waals surface area contributed by atoms with Gasteiger partial charge in [-0.3, -0.25) is 4.79 Å². The smallest absolute Gasteiger partial charge is 0.243 e. The van der Waals surface area contributed by atoms with Crippen LogP contribution in [-0.4, -0.2) is 25.0 Å². The van der Waals surface area contributed by atoms with E-state index in [1.54, 1.807) is 23.5 Å². The first-order valence-electron chi connectivity index (χ1n) is 7.61. The van der Waals surface area contributed by atoms with E-state index in [1.165, 1.54) is 0 Å². The number of nitrogens with one attached hydrogen (secondary N) is 3. The third kappa shape index (κ3) is 5.78. The van der Waals surface area contributed by atoms with Gasteiger partial charge in [0.2, 0.25) is 5.91 Å². The number of benzene rings is 1. The molecule has 0 aliphatic rings. The predicted molar refractivity (Wildman–Crippen MR) is 100 cm³/mol. The summed E-state index contributed by atoms with van der Waals surface area (Å²) in [5.41, 5.74) is 2.55. The van der Waals surface area contributed by atoms with E-state index in [0.29, 0.717) is 18.2 Å².